The molecule has 35 heavy (non-hydrogen) atoms. The van der Waals surface area contributed by atoms with Gasteiger partial charge in [0.15, 0.2) is 0 Å². The average Bonchev–Trinajstić information content (AvgIpc) is 3.45. The van der Waals surface area contributed by atoms with Gasteiger partial charge in [-0.3, -0.25) is 4.79 Å². The topological polar surface area (TPSA) is 52.6 Å². The summed E-state index contributed by atoms with van der Waals surface area (Å²) in [7, 11) is 0. The summed E-state index contributed by atoms with van der Waals surface area (Å²) in [5.74, 6) is -0.249. The van der Waals surface area contributed by atoms with E-state index in [1.807, 2.05) is 38.1 Å². The van der Waals surface area contributed by atoms with Gasteiger partial charge in [-0.1, -0.05) is 74.4 Å². The minimum absolute atomic E-state index is 0.0114. The quantitative estimate of drug-likeness (QED) is 0.393. The van der Waals surface area contributed by atoms with E-state index >= 15 is 0 Å². The Morgan fingerprint density at radius 1 is 0.771 bits per heavy atom. The van der Waals surface area contributed by atoms with Crippen molar-refractivity contribution in [2.75, 3.05) is 0 Å². The first kappa shape index (κ1) is 29.4. The summed E-state index contributed by atoms with van der Waals surface area (Å²) in [6, 6.07) is 7.78. The van der Waals surface area contributed by atoms with Gasteiger partial charge in [0.25, 0.3) is 0 Å². The van der Waals surface area contributed by atoms with Crippen molar-refractivity contribution >= 4 is 11.9 Å². The third kappa shape index (κ3) is 7.11. The lowest BCUT2D eigenvalue weighted by Crippen LogP contribution is -2.45. The molecule has 1 aromatic carbocycles. The molecule has 0 radical (unpaired) electrons. The van der Waals surface area contributed by atoms with Crippen LogP contribution < -0.4 is 0 Å². The van der Waals surface area contributed by atoms with Crippen molar-refractivity contribution in [1.82, 2.24) is 0 Å². The van der Waals surface area contributed by atoms with Gasteiger partial charge in [0.05, 0.1) is 11.5 Å². The zero-order valence-corrected chi connectivity index (χ0v) is 23.9. The van der Waals surface area contributed by atoms with Crippen LogP contribution in [0.25, 0.3) is 0 Å². The highest BCUT2D eigenvalue weighted by atomic mass is 16.6. The number of benzene rings is 1. The molecule has 3 rings (SSSR count). The van der Waals surface area contributed by atoms with E-state index in [2.05, 4.69) is 48.5 Å². The number of rotatable bonds is 5. The molecular formula is C31H50O4. The number of esters is 2. The van der Waals surface area contributed by atoms with Crippen molar-refractivity contribution < 1.29 is 19.1 Å². The summed E-state index contributed by atoms with van der Waals surface area (Å²) < 4.78 is 11.8. The highest BCUT2D eigenvalue weighted by molar-refractivity contribution is 5.89. The number of carbonyl (C=O) groups excluding carboxylic acids is 2. The molecule has 0 unspecified atom stereocenters. The van der Waals surface area contributed by atoms with Crippen molar-refractivity contribution in [1.29, 1.82) is 0 Å². The van der Waals surface area contributed by atoms with Crippen molar-refractivity contribution in [3.05, 3.63) is 35.4 Å². The van der Waals surface area contributed by atoms with Crippen LogP contribution in [0.5, 0.6) is 0 Å². The molecule has 2 aliphatic carbocycles. The Hall–Kier alpha value is -1.84. The first-order chi connectivity index (χ1) is 16.2. The monoisotopic (exact) mass is 486 g/mol. The summed E-state index contributed by atoms with van der Waals surface area (Å²) in [4.78, 5) is 24.2. The van der Waals surface area contributed by atoms with Gasteiger partial charge in [-0.15, -0.1) is 0 Å². The summed E-state index contributed by atoms with van der Waals surface area (Å²) in [5.41, 5.74) is 1.43. The molecule has 198 valence electrons. The first-order valence-corrected chi connectivity index (χ1v) is 13.7. The Kier molecular flexibility index (Phi) is 9.64. The molecule has 4 nitrogen and oxygen atoms in total. The van der Waals surface area contributed by atoms with Crippen molar-refractivity contribution in [3.8, 4) is 0 Å². The van der Waals surface area contributed by atoms with Crippen molar-refractivity contribution in [3.63, 3.8) is 0 Å². The molecule has 0 spiro atoms. The maximum absolute atomic E-state index is 12.4. The molecule has 0 atom stereocenters. The molecule has 2 saturated carbocycles. The zero-order chi connectivity index (χ0) is 26.5. The first-order valence-electron chi connectivity index (χ1n) is 13.7. The Balaban J connectivity index is 0.000000258. The Labute approximate surface area is 214 Å². The third-order valence-electron chi connectivity index (χ3n) is 8.21. The van der Waals surface area contributed by atoms with Crippen LogP contribution in [0.2, 0.25) is 0 Å². The lowest BCUT2D eigenvalue weighted by Gasteiger charge is -2.41. The molecule has 0 amide bonds. The van der Waals surface area contributed by atoms with Gasteiger partial charge in [-0.2, -0.15) is 0 Å². The van der Waals surface area contributed by atoms with Crippen LogP contribution in [0.3, 0.4) is 0 Å². The average molecular weight is 487 g/mol. The predicted octanol–water partition coefficient (Wildman–Crippen LogP) is 8.31. The molecule has 4 heteroatoms. The maximum Gasteiger partial charge on any atom is 0.338 e. The van der Waals surface area contributed by atoms with E-state index in [-0.39, 0.29) is 39.9 Å². The molecule has 0 bridgehead atoms. The lowest BCUT2D eigenvalue weighted by atomic mass is 9.75. The van der Waals surface area contributed by atoms with Crippen LogP contribution in [0.15, 0.2) is 24.3 Å². The van der Waals surface area contributed by atoms with E-state index in [4.69, 9.17) is 9.47 Å². The van der Waals surface area contributed by atoms with Gasteiger partial charge in [0.2, 0.25) is 0 Å². The molecule has 2 aliphatic rings. The molecular weight excluding hydrogens is 436 g/mol. The molecule has 1 aromatic rings. The normalized spacial score (nSPS) is 19.1. The summed E-state index contributed by atoms with van der Waals surface area (Å²) >= 11 is 0. The summed E-state index contributed by atoms with van der Waals surface area (Å²) in [6.07, 6.45) is 9.67. The lowest BCUT2D eigenvalue weighted by molar-refractivity contribution is -0.176. The summed E-state index contributed by atoms with van der Waals surface area (Å²) in [5, 5.41) is 0. The maximum atomic E-state index is 12.4. The van der Waals surface area contributed by atoms with Crippen LogP contribution in [-0.2, 0) is 20.7 Å². The molecule has 0 aromatic heterocycles. The van der Waals surface area contributed by atoms with Crippen molar-refractivity contribution in [2.45, 2.75) is 131 Å². The van der Waals surface area contributed by atoms with Gasteiger partial charge in [0, 0.05) is 10.8 Å². The Bertz CT molecular complexity index is 824. The Morgan fingerprint density at radius 2 is 1.17 bits per heavy atom. The smallest absolute Gasteiger partial charge is 0.338 e. The molecule has 0 saturated heterocycles. The Morgan fingerprint density at radius 3 is 1.51 bits per heavy atom. The highest BCUT2D eigenvalue weighted by Crippen LogP contribution is 2.47. The molecule has 0 heterocycles. The second-order valence-corrected chi connectivity index (χ2v) is 12.9. The van der Waals surface area contributed by atoms with Crippen LogP contribution in [-0.4, -0.2) is 23.1 Å². The van der Waals surface area contributed by atoms with Gasteiger partial charge >= 0.3 is 11.9 Å². The fraction of sp³-hybridized carbons (Fsp3) is 0.742. The van der Waals surface area contributed by atoms with Crippen LogP contribution in [0.1, 0.15) is 130 Å². The van der Waals surface area contributed by atoms with Crippen LogP contribution in [0, 0.1) is 16.7 Å². The predicted molar refractivity (Wildman–Crippen MR) is 143 cm³/mol. The van der Waals surface area contributed by atoms with Crippen molar-refractivity contribution in [2.24, 2.45) is 16.7 Å². The standard InChI is InChI=1S/C18H26O2.C13H24O2/c1-5-14-8-10-15(11-9-14)16(19)20-18(17(2,3)4)12-6-7-13-18;1-10(2)11(14)15-13(12(3,4)5)8-6-7-9-13/h8-11H,5-7,12-13H2,1-4H3;10H,6-9H2,1-5H3. The fourth-order valence-corrected chi connectivity index (χ4v) is 5.33. The SMILES string of the molecule is CC(C)C(=O)OC1(C(C)(C)C)CCCC1.CCc1ccc(C(=O)OC2(C(C)(C)C)CCCC2)cc1. The van der Waals surface area contributed by atoms with Crippen LogP contribution >= 0.6 is 0 Å². The van der Waals surface area contributed by atoms with Gasteiger partial charge in [-0.25, -0.2) is 4.79 Å². The fourth-order valence-electron chi connectivity index (χ4n) is 5.33. The molecule has 2 fully saturated rings. The van der Waals surface area contributed by atoms with E-state index in [1.165, 1.54) is 18.4 Å². The minimum Gasteiger partial charge on any atom is -0.458 e. The minimum atomic E-state index is -0.298. The van der Waals surface area contributed by atoms with E-state index in [0.29, 0.717) is 5.56 Å². The summed E-state index contributed by atoms with van der Waals surface area (Å²) in [6.45, 7) is 18.9. The van der Waals surface area contributed by atoms with Gasteiger partial charge in [-0.05, 0) is 75.5 Å². The van der Waals surface area contributed by atoms with E-state index in [1.54, 1.807) is 0 Å². The van der Waals surface area contributed by atoms with Gasteiger partial charge < -0.3 is 9.47 Å². The van der Waals surface area contributed by atoms with E-state index < -0.39 is 0 Å². The number of hydrogen-bond donors (Lipinski definition) is 0. The number of carbonyl (C=O) groups is 2. The third-order valence-corrected chi connectivity index (χ3v) is 8.21. The molecule has 0 aliphatic heterocycles. The van der Waals surface area contributed by atoms with Crippen LogP contribution in [0.4, 0.5) is 0 Å². The number of aryl methyl sites for hydroxylation is 1. The van der Waals surface area contributed by atoms with Gasteiger partial charge in [0.1, 0.15) is 11.2 Å². The highest BCUT2D eigenvalue weighted by Gasteiger charge is 2.48. The zero-order valence-electron chi connectivity index (χ0n) is 23.9. The molecule has 0 N–H and O–H groups in total. The number of hydrogen-bond acceptors (Lipinski definition) is 4. The second-order valence-electron chi connectivity index (χ2n) is 12.9. The largest absolute Gasteiger partial charge is 0.458 e. The van der Waals surface area contributed by atoms with E-state index in [0.717, 1.165) is 44.9 Å². The number of ether oxygens (including phenoxy) is 2. The van der Waals surface area contributed by atoms with E-state index in [9.17, 15) is 9.59 Å². The second kappa shape index (κ2) is 11.5.